The molecule has 1 unspecified atom stereocenters. The number of ether oxygens (including phenoxy) is 1. The molecule has 0 aliphatic carbocycles. The van der Waals surface area contributed by atoms with E-state index >= 15 is 0 Å². The number of aryl methyl sites for hydroxylation is 1. The molecule has 114 valence electrons. The molecule has 1 fully saturated rings. The van der Waals surface area contributed by atoms with Crippen LogP contribution >= 0.6 is 0 Å². The third-order valence-electron chi connectivity index (χ3n) is 3.92. The minimum Gasteiger partial charge on any atom is -0.376 e. The highest BCUT2D eigenvalue weighted by molar-refractivity contribution is 5.86. The van der Waals surface area contributed by atoms with E-state index in [2.05, 4.69) is 32.2 Å². The minimum absolute atomic E-state index is 0.322. The van der Waals surface area contributed by atoms with Gasteiger partial charge in [0.25, 0.3) is 0 Å². The Morgan fingerprint density at radius 2 is 2.29 bits per heavy atom. The topological polar surface area (TPSA) is 68.1 Å². The maximum Gasteiger partial charge on any atom is 0.163 e. The summed E-state index contributed by atoms with van der Waals surface area (Å²) in [7, 11) is 3.78. The summed E-state index contributed by atoms with van der Waals surface area (Å²) < 4.78 is 7.50. The van der Waals surface area contributed by atoms with E-state index in [0.717, 1.165) is 55.3 Å². The molecule has 7 heteroatoms. The number of nitrogens with zero attached hydrogens (tertiary/aromatic N) is 5. The van der Waals surface area contributed by atoms with E-state index in [1.807, 2.05) is 14.1 Å². The summed E-state index contributed by atoms with van der Waals surface area (Å²) in [5.41, 5.74) is 0.865. The Kier molecular flexibility index (Phi) is 4.03. The van der Waals surface area contributed by atoms with Crippen molar-refractivity contribution in [2.45, 2.75) is 26.0 Å². The molecule has 0 amide bonds. The van der Waals surface area contributed by atoms with Crippen LogP contribution in [-0.4, -0.2) is 57.5 Å². The number of hydrogen-bond acceptors (Lipinski definition) is 6. The van der Waals surface area contributed by atoms with Gasteiger partial charge in [-0.1, -0.05) is 6.92 Å². The lowest BCUT2D eigenvalue weighted by Crippen LogP contribution is -2.41. The Balaban J connectivity index is 1.84. The second-order valence-electron chi connectivity index (χ2n) is 5.38. The number of nitrogens with one attached hydrogen (secondary N) is 1. The average Bonchev–Trinajstić information content (AvgIpc) is 2.88. The lowest BCUT2D eigenvalue weighted by Gasteiger charge is -2.31. The molecular weight excluding hydrogens is 268 g/mol. The van der Waals surface area contributed by atoms with E-state index in [-0.39, 0.29) is 0 Å². The normalized spacial score (nSPS) is 20.0. The van der Waals surface area contributed by atoms with E-state index in [0.29, 0.717) is 6.10 Å². The predicted octanol–water partition coefficient (Wildman–Crippen LogP) is 1.02. The summed E-state index contributed by atoms with van der Waals surface area (Å²) in [6.45, 7) is 5.56. The van der Waals surface area contributed by atoms with Gasteiger partial charge in [-0.3, -0.25) is 9.58 Å². The van der Waals surface area contributed by atoms with Gasteiger partial charge in [-0.15, -0.1) is 0 Å². The van der Waals surface area contributed by atoms with Gasteiger partial charge in [0.2, 0.25) is 0 Å². The second kappa shape index (κ2) is 5.95. The third kappa shape index (κ3) is 2.84. The summed E-state index contributed by atoms with van der Waals surface area (Å²) in [6, 6.07) is 0. The second-order valence-corrected chi connectivity index (χ2v) is 5.38. The van der Waals surface area contributed by atoms with Gasteiger partial charge < -0.3 is 10.1 Å². The highest BCUT2D eigenvalue weighted by Gasteiger charge is 2.20. The van der Waals surface area contributed by atoms with Crippen molar-refractivity contribution in [1.29, 1.82) is 0 Å². The van der Waals surface area contributed by atoms with Crippen LogP contribution in [0.5, 0.6) is 0 Å². The van der Waals surface area contributed by atoms with Crippen LogP contribution in [0.3, 0.4) is 0 Å². The zero-order valence-electron chi connectivity index (χ0n) is 12.8. The molecule has 21 heavy (non-hydrogen) atoms. The van der Waals surface area contributed by atoms with Crippen LogP contribution in [0.15, 0.2) is 6.20 Å². The van der Waals surface area contributed by atoms with Gasteiger partial charge in [0.1, 0.15) is 11.6 Å². The average molecular weight is 290 g/mol. The number of anilines is 1. The van der Waals surface area contributed by atoms with Crippen LogP contribution < -0.4 is 5.32 Å². The molecule has 1 N–H and O–H groups in total. The van der Waals surface area contributed by atoms with E-state index in [1.165, 1.54) is 0 Å². The molecular formula is C14H22N6O. The quantitative estimate of drug-likeness (QED) is 0.906. The largest absolute Gasteiger partial charge is 0.376 e. The highest BCUT2D eigenvalue weighted by Crippen LogP contribution is 2.20. The Labute approximate surface area is 124 Å². The molecule has 1 atom stereocenters. The minimum atomic E-state index is 0.322. The van der Waals surface area contributed by atoms with Crippen molar-refractivity contribution >= 4 is 16.9 Å². The molecule has 2 aromatic heterocycles. The number of rotatable bonds is 4. The SMILES string of the molecule is CCC1CN(Cc2nc(NC)c3cnn(C)c3n2)CCO1. The monoisotopic (exact) mass is 290 g/mol. The fourth-order valence-corrected chi connectivity index (χ4v) is 2.70. The lowest BCUT2D eigenvalue weighted by molar-refractivity contribution is -0.0331. The molecule has 1 aliphatic rings. The molecule has 0 spiro atoms. The molecule has 0 radical (unpaired) electrons. The molecule has 0 saturated carbocycles. The predicted molar refractivity (Wildman–Crippen MR) is 81.2 cm³/mol. The van der Waals surface area contributed by atoms with Crippen LogP contribution in [0.2, 0.25) is 0 Å². The van der Waals surface area contributed by atoms with Gasteiger partial charge in [0.05, 0.1) is 30.8 Å². The summed E-state index contributed by atoms with van der Waals surface area (Å²) in [4.78, 5) is 11.6. The Hall–Kier alpha value is -1.73. The molecule has 3 heterocycles. The van der Waals surface area contributed by atoms with E-state index in [9.17, 15) is 0 Å². The van der Waals surface area contributed by atoms with Crippen molar-refractivity contribution in [3.05, 3.63) is 12.0 Å². The Morgan fingerprint density at radius 3 is 3.05 bits per heavy atom. The van der Waals surface area contributed by atoms with E-state index in [4.69, 9.17) is 4.74 Å². The number of fused-ring (bicyclic) bond motifs is 1. The number of aromatic nitrogens is 4. The van der Waals surface area contributed by atoms with Crippen molar-refractivity contribution in [1.82, 2.24) is 24.6 Å². The molecule has 3 rings (SSSR count). The summed E-state index contributed by atoms with van der Waals surface area (Å²) >= 11 is 0. The summed E-state index contributed by atoms with van der Waals surface area (Å²) in [5.74, 6) is 1.66. The standard InChI is InChI=1S/C14H22N6O/c1-4-10-8-20(5-6-21-10)9-12-17-13(15-2)11-7-16-19(3)14(11)18-12/h7,10H,4-6,8-9H2,1-3H3,(H,15,17,18). The van der Waals surface area contributed by atoms with Crippen molar-refractivity contribution in [2.24, 2.45) is 7.05 Å². The first kappa shape index (κ1) is 14.2. The zero-order chi connectivity index (χ0) is 14.8. The van der Waals surface area contributed by atoms with Crippen molar-refractivity contribution < 1.29 is 4.74 Å². The summed E-state index contributed by atoms with van der Waals surface area (Å²) in [5, 5.41) is 8.35. The van der Waals surface area contributed by atoms with Crippen LogP contribution in [0.1, 0.15) is 19.2 Å². The molecule has 1 saturated heterocycles. The Bertz CT molecular complexity index is 625. The van der Waals surface area contributed by atoms with Crippen LogP contribution in [0.4, 0.5) is 5.82 Å². The van der Waals surface area contributed by atoms with Gasteiger partial charge in [-0.2, -0.15) is 5.10 Å². The van der Waals surface area contributed by atoms with Gasteiger partial charge >= 0.3 is 0 Å². The lowest BCUT2D eigenvalue weighted by atomic mass is 10.2. The van der Waals surface area contributed by atoms with Gasteiger partial charge in [0, 0.05) is 27.2 Å². The third-order valence-corrected chi connectivity index (χ3v) is 3.92. The first-order chi connectivity index (χ1) is 10.2. The smallest absolute Gasteiger partial charge is 0.163 e. The summed E-state index contributed by atoms with van der Waals surface area (Å²) in [6.07, 6.45) is 3.16. The maximum atomic E-state index is 5.71. The first-order valence-corrected chi connectivity index (χ1v) is 7.41. The molecule has 2 aromatic rings. The number of hydrogen-bond donors (Lipinski definition) is 1. The van der Waals surface area contributed by atoms with Gasteiger partial charge in [0.15, 0.2) is 5.65 Å². The maximum absolute atomic E-state index is 5.71. The molecule has 0 aromatic carbocycles. The van der Waals surface area contributed by atoms with Crippen LogP contribution in [0.25, 0.3) is 11.0 Å². The first-order valence-electron chi connectivity index (χ1n) is 7.41. The van der Waals surface area contributed by atoms with Crippen molar-refractivity contribution in [3.8, 4) is 0 Å². The van der Waals surface area contributed by atoms with Crippen LogP contribution in [-0.2, 0) is 18.3 Å². The fourth-order valence-electron chi connectivity index (χ4n) is 2.70. The molecule has 7 nitrogen and oxygen atoms in total. The van der Waals surface area contributed by atoms with E-state index in [1.54, 1.807) is 10.9 Å². The zero-order valence-corrected chi connectivity index (χ0v) is 12.8. The van der Waals surface area contributed by atoms with Gasteiger partial charge in [-0.05, 0) is 6.42 Å². The molecule has 1 aliphatic heterocycles. The van der Waals surface area contributed by atoms with E-state index < -0.39 is 0 Å². The Morgan fingerprint density at radius 1 is 1.43 bits per heavy atom. The number of morpholine rings is 1. The van der Waals surface area contributed by atoms with Gasteiger partial charge in [-0.25, -0.2) is 9.97 Å². The highest BCUT2D eigenvalue weighted by atomic mass is 16.5. The van der Waals surface area contributed by atoms with Crippen molar-refractivity contribution in [2.75, 3.05) is 32.1 Å². The van der Waals surface area contributed by atoms with Crippen LogP contribution in [0, 0.1) is 0 Å². The fraction of sp³-hybridized carbons (Fsp3) is 0.643. The van der Waals surface area contributed by atoms with Crippen molar-refractivity contribution in [3.63, 3.8) is 0 Å². The molecule has 0 bridgehead atoms.